The summed E-state index contributed by atoms with van der Waals surface area (Å²) < 4.78 is 11.0. The highest BCUT2D eigenvalue weighted by molar-refractivity contribution is 6.14. The van der Waals surface area contributed by atoms with Crippen molar-refractivity contribution in [1.82, 2.24) is 15.2 Å². The number of likely N-dealkylation sites (N-methyl/N-ethyl adjacent to an activating group) is 1. The molecular weight excluding hydrogens is 422 g/mol. The predicted octanol–water partition coefficient (Wildman–Crippen LogP) is 1.93. The van der Waals surface area contributed by atoms with Crippen molar-refractivity contribution in [1.29, 1.82) is 0 Å². The molecule has 1 N–H and O–H groups in total. The molecule has 2 aromatic carbocycles. The van der Waals surface area contributed by atoms with E-state index in [0.29, 0.717) is 43.3 Å². The van der Waals surface area contributed by atoms with Crippen molar-refractivity contribution in [2.75, 3.05) is 59.4 Å². The number of hydrazone groups is 1. The molecule has 174 valence electrons. The average molecular weight is 452 g/mol. The van der Waals surface area contributed by atoms with Gasteiger partial charge in [0, 0.05) is 37.0 Å². The Labute approximate surface area is 193 Å². The summed E-state index contributed by atoms with van der Waals surface area (Å²) in [6.45, 7) is 2.32. The minimum atomic E-state index is -0.279. The van der Waals surface area contributed by atoms with Crippen LogP contribution in [0, 0.1) is 0 Å². The summed E-state index contributed by atoms with van der Waals surface area (Å²) in [7, 11) is 6.73. The number of nitrogens with one attached hydrogen (secondary N) is 1. The number of nitrogens with zero attached hydrogens (tertiary/aromatic N) is 4. The zero-order valence-electron chi connectivity index (χ0n) is 19.4. The molecule has 2 aliphatic heterocycles. The Morgan fingerprint density at radius 1 is 1.03 bits per heavy atom. The van der Waals surface area contributed by atoms with Gasteiger partial charge in [-0.2, -0.15) is 5.10 Å². The lowest BCUT2D eigenvalue weighted by atomic mass is 9.95. The molecule has 9 heteroatoms. The van der Waals surface area contributed by atoms with Crippen LogP contribution in [0.3, 0.4) is 0 Å². The fourth-order valence-corrected chi connectivity index (χ4v) is 4.15. The first kappa shape index (κ1) is 22.6. The third kappa shape index (κ3) is 4.49. The first-order chi connectivity index (χ1) is 15.9. The Bertz CT molecular complexity index is 1080. The smallest absolute Gasteiger partial charge is 0.337 e. The summed E-state index contributed by atoms with van der Waals surface area (Å²) in [5.41, 5.74) is 4.23. The van der Waals surface area contributed by atoms with Crippen LogP contribution in [0.2, 0.25) is 0 Å². The second kappa shape index (κ2) is 9.50. The molecule has 33 heavy (non-hydrogen) atoms. The molecule has 0 spiro atoms. The zero-order chi connectivity index (χ0) is 23.5. The highest BCUT2D eigenvalue weighted by Crippen LogP contribution is 2.34. The molecule has 0 unspecified atom stereocenters. The first-order valence-electron chi connectivity index (χ1n) is 10.9. The van der Waals surface area contributed by atoms with Gasteiger partial charge in [-0.1, -0.05) is 12.1 Å². The van der Waals surface area contributed by atoms with Crippen LogP contribution in [0.25, 0.3) is 0 Å². The second-order valence-electron chi connectivity index (χ2n) is 8.07. The molecule has 1 fully saturated rings. The van der Waals surface area contributed by atoms with E-state index in [-0.39, 0.29) is 11.9 Å². The summed E-state index contributed by atoms with van der Waals surface area (Å²) in [4.78, 5) is 28.7. The van der Waals surface area contributed by atoms with Gasteiger partial charge in [0.1, 0.15) is 0 Å². The Morgan fingerprint density at radius 2 is 1.73 bits per heavy atom. The number of rotatable bonds is 4. The van der Waals surface area contributed by atoms with E-state index < -0.39 is 0 Å². The van der Waals surface area contributed by atoms with Gasteiger partial charge < -0.3 is 19.7 Å². The van der Waals surface area contributed by atoms with Crippen LogP contribution in [-0.2, 0) is 11.2 Å². The lowest BCUT2D eigenvalue weighted by molar-refractivity contribution is -0.120. The number of carbonyl (C=O) groups is 2. The first-order valence-corrected chi connectivity index (χ1v) is 10.9. The summed E-state index contributed by atoms with van der Waals surface area (Å²) in [6, 6.07) is 11.3. The topological polar surface area (TPSA) is 86.7 Å². The second-order valence-corrected chi connectivity index (χ2v) is 8.07. The molecule has 0 aromatic heterocycles. The van der Waals surface area contributed by atoms with Crippen LogP contribution in [0.4, 0.5) is 10.5 Å². The number of hydrogen-bond acceptors (Lipinski definition) is 6. The van der Waals surface area contributed by atoms with Gasteiger partial charge >= 0.3 is 6.03 Å². The SMILES string of the molecule is CNC(=O)N1CCc2cc(OC)c(OC)cc2C(c2ccc(N3CCN(C)CC3=O)cc2)=N1. The van der Waals surface area contributed by atoms with Gasteiger partial charge in [-0.3, -0.25) is 9.69 Å². The molecule has 0 bridgehead atoms. The van der Waals surface area contributed by atoms with Gasteiger partial charge in [0.05, 0.1) is 33.0 Å². The van der Waals surface area contributed by atoms with E-state index in [1.807, 2.05) is 48.3 Å². The number of urea groups is 1. The predicted molar refractivity (Wildman–Crippen MR) is 126 cm³/mol. The fourth-order valence-electron chi connectivity index (χ4n) is 4.15. The van der Waals surface area contributed by atoms with Crippen LogP contribution in [0.1, 0.15) is 16.7 Å². The quantitative estimate of drug-likeness (QED) is 0.768. The molecule has 1 saturated heterocycles. The molecule has 0 saturated carbocycles. The number of fused-ring (bicyclic) bond motifs is 1. The van der Waals surface area contributed by atoms with Crippen LogP contribution >= 0.6 is 0 Å². The zero-order valence-corrected chi connectivity index (χ0v) is 19.4. The van der Waals surface area contributed by atoms with E-state index in [1.54, 1.807) is 26.2 Å². The van der Waals surface area contributed by atoms with Crippen LogP contribution in [0.5, 0.6) is 11.5 Å². The summed E-state index contributed by atoms with van der Waals surface area (Å²) in [6.07, 6.45) is 0.615. The van der Waals surface area contributed by atoms with Gasteiger partial charge in [0.2, 0.25) is 5.91 Å². The number of benzene rings is 2. The molecule has 2 aliphatic rings. The maximum Gasteiger partial charge on any atom is 0.337 e. The van der Waals surface area contributed by atoms with Crippen molar-refractivity contribution in [2.24, 2.45) is 5.10 Å². The lowest BCUT2D eigenvalue weighted by Crippen LogP contribution is -2.48. The van der Waals surface area contributed by atoms with Crippen molar-refractivity contribution in [3.63, 3.8) is 0 Å². The number of hydrogen-bond donors (Lipinski definition) is 1. The lowest BCUT2D eigenvalue weighted by Gasteiger charge is -2.32. The average Bonchev–Trinajstić information content (AvgIpc) is 3.02. The fraction of sp³-hybridized carbons (Fsp3) is 0.375. The molecule has 3 amide bonds. The van der Waals surface area contributed by atoms with Crippen molar-refractivity contribution in [3.8, 4) is 11.5 Å². The van der Waals surface area contributed by atoms with Gasteiger partial charge in [-0.15, -0.1) is 0 Å². The minimum absolute atomic E-state index is 0.0799. The highest BCUT2D eigenvalue weighted by atomic mass is 16.5. The molecule has 4 rings (SSSR count). The van der Waals surface area contributed by atoms with Gasteiger partial charge in [0.15, 0.2) is 11.5 Å². The maximum absolute atomic E-state index is 12.5. The Morgan fingerprint density at radius 3 is 2.36 bits per heavy atom. The third-order valence-corrected chi connectivity index (χ3v) is 5.99. The summed E-state index contributed by atoms with van der Waals surface area (Å²) >= 11 is 0. The van der Waals surface area contributed by atoms with Crippen molar-refractivity contribution < 1.29 is 19.1 Å². The Kier molecular flexibility index (Phi) is 6.50. The van der Waals surface area contributed by atoms with Crippen LogP contribution in [-0.4, -0.2) is 82.1 Å². The van der Waals surface area contributed by atoms with E-state index >= 15 is 0 Å². The number of piperazine rings is 1. The van der Waals surface area contributed by atoms with Gasteiger partial charge in [-0.05, 0) is 43.3 Å². The molecule has 0 aliphatic carbocycles. The highest BCUT2D eigenvalue weighted by Gasteiger charge is 2.25. The molecule has 0 radical (unpaired) electrons. The number of ether oxygens (including phenoxy) is 2. The summed E-state index contributed by atoms with van der Waals surface area (Å²) in [5, 5.41) is 8.80. The van der Waals surface area contributed by atoms with E-state index in [9.17, 15) is 9.59 Å². The Balaban J connectivity index is 1.75. The molecule has 9 nitrogen and oxygen atoms in total. The minimum Gasteiger partial charge on any atom is -0.493 e. The molecule has 0 atom stereocenters. The largest absolute Gasteiger partial charge is 0.493 e. The van der Waals surface area contributed by atoms with E-state index in [0.717, 1.165) is 28.9 Å². The van der Waals surface area contributed by atoms with E-state index in [2.05, 4.69) is 5.32 Å². The van der Waals surface area contributed by atoms with Crippen LogP contribution < -0.4 is 19.7 Å². The van der Waals surface area contributed by atoms with Crippen LogP contribution in [0.15, 0.2) is 41.5 Å². The number of amides is 3. The molecule has 2 heterocycles. The maximum atomic E-state index is 12.5. The molecular formula is C24H29N5O4. The normalized spacial score (nSPS) is 16.6. The summed E-state index contributed by atoms with van der Waals surface area (Å²) in [5.74, 6) is 1.31. The standard InChI is InChI=1S/C24H29N5O4/c1-25-24(31)29-10-9-17-13-20(32-3)21(33-4)14-19(17)23(26-29)16-5-7-18(8-6-16)28-12-11-27(2)15-22(28)30/h5-8,13-14H,9-12,15H2,1-4H3,(H,25,31). The molecule has 2 aromatic rings. The van der Waals surface area contributed by atoms with Crippen molar-refractivity contribution in [2.45, 2.75) is 6.42 Å². The van der Waals surface area contributed by atoms with Crippen molar-refractivity contribution >= 4 is 23.3 Å². The van der Waals surface area contributed by atoms with E-state index in [4.69, 9.17) is 14.6 Å². The third-order valence-electron chi connectivity index (χ3n) is 5.99. The van der Waals surface area contributed by atoms with Gasteiger partial charge in [0.25, 0.3) is 0 Å². The van der Waals surface area contributed by atoms with Crippen molar-refractivity contribution in [3.05, 3.63) is 53.1 Å². The number of carbonyl (C=O) groups excluding carboxylic acids is 2. The Hall–Kier alpha value is -3.59. The van der Waals surface area contributed by atoms with Gasteiger partial charge in [-0.25, -0.2) is 9.80 Å². The monoisotopic (exact) mass is 451 g/mol. The number of methoxy groups -OCH3 is 2. The van der Waals surface area contributed by atoms with E-state index in [1.165, 1.54) is 5.01 Å². The number of anilines is 1.